The highest BCUT2D eigenvalue weighted by molar-refractivity contribution is 7.90. The standard InChI is InChI=1S/C22H26N2O5S/c1-14(2)29-22(26)23-13-15(3)24(16(4)25)20-10-9-18(12-21(20)23)17-7-6-8-19(11-17)30(5,27)28/h6-12,14-15H,13H2,1-5H3/t15-/m0/s1. The van der Waals surface area contributed by atoms with Crippen molar-refractivity contribution in [3.8, 4) is 11.1 Å². The molecule has 1 aliphatic heterocycles. The highest BCUT2D eigenvalue weighted by atomic mass is 32.2. The molecular weight excluding hydrogens is 404 g/mol. The Balaban J connectivity index is 2.14. The Bertz CT molecular complexity index is 1090. The summed E-state index contributed by atoms with van der Waals surface area (Å²) in [5.74, 6) is -0.118. The molecule has 0 radical (unpaired) electrons. The number of amides is 2. The van der Waals surface area contributed by atoms with Gasteiger partial charge in [-0.05, 0) is 56.2 Å². The van der Waals surface area contributed by atoms with Gasteiger partial charge in [-0.25, -0.2) is 13.2 Å². The minimum absolute atomic E-state index is 0.118. The number of hydrogen-bond donors (Lipinski definition) is 0. The van der Waals surface area contributed by atoms with E-state index >= 15 is 0 Å². The molecule has 0 saturated heterocycles. The van der Waals surface area contributed by atoms with Crippen molar-refractivity contribution >= 4 is 33.2 Å². The largest absolute Gasteiger partial charge is 0.446 e. The second-order valence-electron chi connectivity index (χ2n) is 7.78. The number of benzene rings is 2. The van der Waals surface area contributed by atoms with Gasteiger partial charge in [-0.2, -0.15) is 0 Å². The van der Waals surface area contributed by atoms with E-state index in [-0.39, 0.29) is 22.9 Å². The predicted molar refractivity (Wildman–Crippen MR) is 117 cm³/mol. The number of hydrogen-bond acceptors (Lipinski definition) is 5. The number of nitrogens with zero attached hydrogens (tertiary/aromatic N) is 2. The number of fused-ring (bicyclic) bond motifs is 1. The lowest BCUT2D eigenvalue weighted by atomic mass is 10.0. The second-order valence-corrected chi connectivity index (χ2v) is 9.80. The molecule has 2 amide bonds. The Morgan fingerprint density at radius 1 is 1.07 bits per heavy atom. The first-order valence-corrected chi connectivity index (χ1v) is 11.6. The minimum Gasteiger partial charge on any atom is -0.446 e. The highest BCUT2D eigenvalue weighted by Gasteiger charge is 2.34. The van der Waals surface area contributed by atoms with E-state index in [0.29, 0.717) is 23.5 Å². The summed E-state index contributed by atoms with van der Waals surface area (Å²) >= 11 is 0. The monoisotopic (exact) mass is 430 g/mol. The number of carbonyl (C=O) groups excluding carboxylic acids is 2. The van der Waals surface area contributed by atoms with E-state index < -0.39 is 15.9 Å². The molecule has 0 unspecified atom stereocenters. The van der Waals surface area contributed by atoms with Crippen LogP contribution in [-0.4, -0.2) is 45.4 Å². The smallest absolute Gasteiger partial charge is 0.414 e. The van der Waals surface area contributed by atoms with Crippen LogP contribution in [0.3, 0.4) is 0 Å². The Morgan fingerprint density at radius 2 is 1.73 bits per heavy atom. The lowest BCUT2D eigenvalue weighted by Gasteiger charge is -2.40. The van der Waals surface area contributed by atoms with Gasteiger partial charge in [-0.15, -0.1) is 0 Å². The molecule has 3 rings (SSSR count). The van der Waals surface area contributed by atoms with Gasteiger partial charge in [0.1, 0.15) is 0 Å². The van der Waals surface area contributed by atoms with Crippen LogP contribution in [0.15, 0.2) is 47.4 Å². The van der Waals surface area contributed by atoms with E-state index in [1.54, 1.807) is 55.1 Å². The highest BCUT2D eigenvalue weighted by Crippen LogP contribution is 2.39. The van der Waals surface area contributed by atoms with Crippen molar-refractivity contribution in [2.75, 3.05) is 22.6 Å². The molecule has 0 fully saturated rings. The molecule has 7 nitrogen and oxygen atoms in total. The fourth-order valence-electron chi connectivity index (χ4n) is 3.63. The van der Waals surface area contributed by atoms with Crippen LogP contribution in [0.2, 0.25) is 0 Å². The molecule has 2 aromatic carbocycles. The van der Waals surface area contributed by atoms with Crippen molar-refractivity contribution in [3.63, 3.8) is 0 Å². The van der Waals surface area contributed by atoms with E-state index in [4.69, 9.17) is 4.74 Å². The lowest BCUT2D eigenvalue weighted by Crippen LogP contribution is -2.51. The molecule has 0 aliphatic carbocycles. The van der Waals surface area contributed by atoms with Gasteiger partial charge in [0.15, 0.2) is 9.84 Å². The van der Waals surface area contributed by atoms with Crippen LogP contribution in [0, 0.1) is 0 Å². The fraction of sp³-hybridized carbons (Fsp3) is 0.364. The molecule has 2 aromatic rings. The molecule has 0 bridgehead atoms. The van der Waals surface area contributed by atoms with Crippen LogP contribution in [0.1, 0.15) is 27.7 Å². The Hall–Kier alpha value is -2.87. The number of rotatable bonds is 3. The summed E-state index contributed by atoms with van der Waals surface area (Å²) in [5, 5.41) is 0. The third-order valence-electron chi connectivity index (χ3n) is 4.90. The van der Waals surface area contributed by atoms with Gasteiger partial charge in [0, 0.05) is 19.7 Å². The normalized spacial score (nSPS) is 16.4. The van der Waals surface area contributed by atoms with Crippen molar-refractivity contribution in [2.45, 2.75) is 44.7 Å². The number of carbonyl (C=O) groups is 2. The first-order valence-electron chi connectivity index (χ1n) is 9.71. The zero-order chi connectivity index (χ0) is 22.2. The second kappa shape index (κ2) is 8.10. The molecule has 0 N–H and O–H groups in total. The maximum atomic E-state index is 12.7. The van der Waals surface area contributed by atoms with E-state index in [1.165, 1.54) is 11.8 Å². The zero-order valence-electron chi connectivity index (χ0n) is 17.7. The Labute approximate surface area is 177 Å². The van der Waals surface area contributed by atoms with Crippen LogP contribution in [-0.2, 0) is 19.4 Å². The third-order valence-corrected chi connectivity index (χ3v) is 6.02. The maximum Gasteiger partial charge on any atom is 0.414 e. The van der Waals surface area contributed by atoms with Crippen LogP contribution in [0.4, 0.5) is 16.2 Å². The fourth-order valence-corrected chi connectivity index (χ4v) is 4.30. The molecule has 0 spiro atoms. The van der Waals surface area contributed by atoms with Gasteiger partial charge in [0.2, 0.25) is 5.91 Å². The summed E-state index contributed by atoms with van der Waals surface area (Å²) in [7, 11) is -3.35. The summed E-state index contributed by atoms with van der Waals surface area (Å²) in [4.78, 5) is 28.4. The molecular formula is C22H26N2O5S. The molecule has 30 heavy (non-hydrogen) atoms. The van der Waals surface area contributed by atoms with Crippen molar-refractivity contribution in [1.29, 1.82) is 0 Å². The summed E-state index contributed by atoms with van der Waals surface area (Å²) in [5.41, 5.74) is 2.60. The predicted octanol–water partition coefficient (Wildman–Crippen LogP) is 3.86. The minimum atomic E-state index is -3.35. The van der Waals surface area contributed by atoms with Gasteiger partial charge >= 0.3 is 6.09 Å². The number of ether oxygens (including phenoxy) is 1. The Morgan fingerprint density at radius 3 is 2.33 bits per heavy atom. The van der Waals surface area contributed by atoms with Gasteiger partial charge in [0.25, 0.3) is 0 Å². The van der Waals surface area contributed by atoms with E-state index in [0.717, 1.165) is 11.8 Å². The zero-order valence-corrected chi connectivity index (χ0v) is 18.6. The third kappa shape index (κ3) is 4.33. The first-order chi connectivity index (χ1) is 14.0. The number of anilines is 2. The maximum absolute atomic E-state index is 12.7. The first kappa shape index (κ1) is 21.8. The van der Waals surface area contributed by atoms with E-state index in [9.17, 15) is 18.0 Å². The lowest BCUT2D eigenvalue weighted by molar-refractivity contribution is -0.117. The van der Waals surface area contributed by atoms with Crippen molar-refractivity contribution in [1.82, 2.24) is 0 Å². The summed E-state index contributed by atoms with van der Waals surface area (Å²) in [6.45, 7) is 7.22. The average molecular weight is 431 g/mol. The van der Waals surface area contributed by atoms with Crippen molar-refractivity contribution in [3.05, 3.63) is 42.5 Å². The van der Waals surface area contributed by atoms with Crippen LogP contribution in [0.5, 0.6) is 0 Å². The van der Waals surface area contributed by atoms with Gasteiger partial charge in [-0.3, -0.25) is 9.69 Å². The van der Waals surface area contributed by atoms with Gasteiger partial charge < -0.3 is 9.64 Å². The topological polar surface area (TPSA) is 84.0 Å². The molecule has 8 heteroatoms. The quantitative estimate of drug-likeness (QED) is 0.738. The van der Waals surface area contributed by atoms with Crippen LogP contribution < -0.4 is 9.80 Å². The van der Waals surface area contributed by atoms with E-state index in [2.05, 4.69) is 0 Å². The summed E-state index contributed by atoms with van der Waals surface area (Å²) in [6, 6.07) is 11.8. The molecule has 160 valence electrons. The molecule has 1 heterocycles. The summed E-state index contributed by atoms with van der Waals surface area (Å²) in [6.07, 6.45) is 0.398. The summed E-state index contributed by atoms with van der Waals surface area (Å²) < 4.78 is 29.3. The van der Waals surface area contributed by atoms with Gasteiger partial charge in [0.05, 0.1) is 28.4 Å². The van der Waals surface area contributed by atoms with Crippen molar-refractivity contribution < 1.29 is 22.7 Å². The van der Waals surface area contributed by atoms with Crippen LogP contribution in [0.25, 0.3) is 11.1 Å². The number of sulfone groups is 1. The molecule has 1 atom stereocenters. The molecule has 1 aliphatic rings. The van der Waals surface area contributed by atoms with E-state index in [1.807, 2.05) is 13.0 Å². The SMILES string of the molecule is CC(=O)N1c2ccc(-c3cccc(S(C)(=O)=O)c3)cc2N(C(=O)OC(C)C)C[C@@H]1C. The molecule has 0 aromatic heterocycles. The van der Waals surface area contributed by atoms with Gasteiger partial charge in [-0.1, -0.05) is 18.2 Å². The Kier molecular flexibility index (Phi) is 5.90. The molecule has 0 saturated carbocycles. The van der Waals surface area contributed by atoms with Crippen molar-refractivity contribution in [2.24, 2.45) is 0 Å². The van der Waals surface area contributed by atoms with Crippen LogP contribution >= 0.6 is 0 Å². The average Bonchev–Trinajstić information content (AvgIpc) is 2.65.